The number of ether oxygens (including phenoxy) is 2. The smallest absolute Gasteiger partial charge is 0.224 e. The first kappa shape index (κ1) is 19.3. The van der Waals surface area contributed by atoms with Crippen LogP contribution in [0.1, 0.15) is 37.9 Å². The van der Waals surface area contributed by atoms with Crippen molar-refractivity contribution < 1.29 is 14.3 Å². The highest BCUT2D eigenvalue weighted by atomic mass is 79.9. The normalized spacial score (nSPS) is 11.7. The summed E-state index contributed by atoms with van der Waals surface area (Å²) in [7, 11) is 0. The molecule has 0 saturated heterocycles. The van der Waals surface area contributed by atoms with Crippen molar-refractivity contribution in [2.45, 2.75) is 33.2 Å². The minimum absolute atomic E-state index is 0.0123. The van der Waals surface area contributed by atoms with E-state index in [1.165, 1.54) is 0 Å². The van der Waals surface area contributed by atoms with Gasteiger partial charge in [-0.3, -0.25) is 4.79 Å². The number of amides is 1. The summed E-state index contributed by atoms with van der Waals surface area (Å²) in [4.78, 5) is 12.3. The summed E-state index contributed by atoms with van der Waals surface area (Å²) in [5, 5.41) is 3.03. The fraction of sp³-hybridized carbons (Fsp3) is 0.350. The zero-order valence-corrected chi connectivity index (χ0v) is 16.4. The SMILES string of the molecule is CCOc1ccc(C(C)NC(=O)Cc2ccc(Br)cc2)cc1OCC. The van der Waals surface area contributed by atoms with E-state index in [4.69, 9.17) is 9.47 Å². The van der Waals surface area contributed by atoms with Gasteiger partial charge < -0.3 is 14.8 Å². The van der Waals surface area contributed by atoms with E-state index >= 15 is 0 Å². The lowest BCUT2D eigenvalue weighted by molar-refractivity contribution is -0.121. The van der Waals surface area contributed by atoms with Crippen LogP contribution in [0, 0.1) is 0 Å². The van der Waals surface area contributed by atoms with E-state index in [0.29, 0.717) is 25.4 Å². The lowest BCUT2D eigenvalue weighted by atomic mass is 10.1. The summed E-state index contributed by atoms with van der Waals surface area (Å²) in [5.41, 5.74) is 1.96. The van der Waals surface area contributed by atoms with Crippen LogP contribution in [-0.2, 0) is 11.2 Å². The van der Waals surface area contributed by atoms with Gasteiger partial charge in [0.25, 0.3) is 0 Å². The third-order valence-corrected chi connectivity index (χ3v) is 4.25. The molecule has 2 rings (SSSR count). The van der Waals surface area contributed by atoms with Gasteiger partial charge in [-0.05, 0) is 56.2 Å². The van der Waals surface area contributed by atoms with Gasteiger partial charge in [-0.1, -0.05) is 34.1 Å². The maximum Gasteiger partial charge on any atom is 0.224 e. The lowest BCUT2D eigenvalue weighted by Gasteiger charge is -2.17. The van der Waals surface area contributed by atoms with Crippen LogP contribution < -0.4 is 14.8 Å². The Kier molecular flexibility index (Phi) is 7.31. The van der Waals surface area contributed by atoms with Crippen LogP contribution in [0.2, 0.25) is 0 Å². The van der Waals surface area contributed by atoms with Gasteiger partial charge in [-0.2, -0.15) is 0 Å². The Morgan fingerprint density at radius 1 is 1.04 bits per heavy atom. The van der Waals surface area contributed by atoms with Gasteiger partial charge in [0.2, 0.25) is 5.91 Å². The topological polar surface area (TPSA) is 47.6 Å². The number of nitrogens with one attached hydrogen (secondary N) is 1. The first-order valence-electron chi connectivity index (χ1n) is 8.46. The highest BCUT2D eigenvalue weighted by Gasteiger charge is 2.13. The Hall–Kier alpha value is -2.01. The molecule has 4 nitrogen and oxygen atoms in total. The zero-order chi connectivity index (χ0) is 18.2. The summed E-state index contributed by atoms with van der Waals surface area (Å²) < 4.78 is 12.2. The molecule has 0 bridgehead atoms. The Labute approximate surface area is 157 Å². The van der Waals surface area contributed by atoms with Gasteiger partial charge in [0.1, 0.15) is 0 Å². The van der Waals surface area contributed by atoms with E-state index in [2.05, 4.69) is 21.2 Å². The van der Waals surface area contributed by atoms with Gasteiger partial charge in [0.15, 0.2) is 11.5 Å². The van der Waals surface area contributed by atoms with Crippen LogP contribution in [0.4, 0.5) is 0 Å². The highest BCUT2D eigenvalue weighted by molar-refractivity contribution is 9.10. The van der Waals surface area contributed by atoms with Crippen molar-refractivity contribution >= 4 is 21.8 Å². The minimum Gasteiger partial charge on any atom is -0.490 e. The molecule has 1 atom stereocenters. The maximum atomic E-state index is 12.3. The maximum absolute atomic E-state index is 12.3. The molecule has 5 heteroatoms. The highest BCUT2D eigenvalue weighted by Crippen LogP contribution is 2.30. The molecule has 2 aromatic rings. The van der Waals surface area contributed by atoms with Crippen molar-refractivity contribution in [3.63, 3.8) is 0 Å². The average molecular weight is 406 g/mol. The second-order valence-corrected chi connectivity index (χ2v) is 6.58. The molecule has 0 saturated carbocycles. The summed E-state index contributed by atoms with van der Waals surface area (Å²) in [6.45, 7) is 6.98. The van der Waals surface area contributed by atoms with Crippen LogP contribution in [0.3, 0.4) is 0 Å². The number of hydrogen-bond acceptors (Lipinski definition) is 3. The summed E-state index contributed by atoms with van der Waals surface area (Å²) in [5.74, 6) is 1.42. The van der Waals surface area contributed by atoms with Crippen LogP contribution in [0.25, 0.3) is 0 Å². The Morgan fingerprint density at radius 2 is 1.68 bits per heavy atom. The van der Waals surface area contributed by atoms with E-state index in [9.17, 15) is 4.79 Å². The third-order valence-electron chi connectivity index (χ3n) is 3.72. The first-order chi connectivity index (χ1) is 12.0. The molecule has 25 heavy (non-hydrogen) atoms. The van der Waals surface area contributed by atoms with Crippen LogP contribution >= 0.6 is 15.9 Å². The molecule has 0 heterocycles. The van der Waals surface area contributed by atoms with Crippen molar-refractivity contribution in [2.75, 3.05) is 13.2 Å². The molecule has 2 aromatic carbocycles. The lowest BCUT2D eigenvalue weighted by Crippen LogP contribution is -2.28. The standard InChI is InChI=1S/C20H24BrNO3/c1-4-24-18-11-8-16(13-19(18)25-5-2)14(3)22-20(23)12-15-6-9-17(21)10-7-15/h6-11,13-14H,4-5,12H2,1-3H3,(H,22,23). The molecule has 0 radical (unpaired) electrons. The minimum atomic E-state index is -0.113. The number of rotatable bonds is 8. The van der Waals surface area contributed by atoms with E-state index in [1.54, 1.807) is 0 Å². The van der Waals surface area contributed by atoms with Gasteiger partial charge in [-0.25, -0.2) is 0 Å². The fourth-order valence-corrected chi connectivity index (χ4v) is 2.76. The van der Waals surface area contributed by atoms with Gasteiger partial charge in [-0.15, -0.1) is 0 Å². The van der Waals surface area contributed by atoms with Crippen molar-refractivity contribution in [3.8, 4) is 11.5 Å². The van der Waals surface area contributed by atoms with Crippen molar-refractivity contribution in [2.24, 2.45) is 0 Å². The van der Waals surface area contributed by atoms with Crippen LogP contribution in [0.15, 0.2) is 46.9 Å². The van der Waals surface area contributed by atoms with Gasteiger partial charge in [0, 0.05) is 4.47 Å². The molecule has 1 unspecified atom stereocenters. The number of hydrogen-bond donors (Lipinski definition) is 1. The predicted molar refractivity (Wildman–Crippen MR) is 103 cm³/mol. The van der Waals surface area contributed by atoms with Crippen LogP contribution in [-0.4, -0.2) is 19.1 Å². The van der Waals surface area contributed by atoms with E-state index < -0.39 is 0 Å². The van der Waals surface area contributed by atoms with E-state index in [0.717, 1.165) is 21.3 Å². The molecule has 0 aromatic heterocycles. The second-order valence-electron chi connectivity index (χ2n) is 5.66. The van der Waals surface area contributed by atoms with Crippen LogP contribution in [0.5, 0.6) is 11.5 Å². The van der Waals surface area contributed by atoms with Gasteiger partial charge >= 0.3 is 0 Å². The van der Waals surface area contributed by atoms with E-state index in [1.807, 2.05) is 63.2 Å². The molecule has 1 N–H and O–H groups in total. The van der Waals surface area contributed by atoms with Gasteiger partial charge in [0.05, 0.1) is 25.7 Å². The number of carbonyl (C=O) groups excluding carboxylic acids is 1. The summed E-state index contributed by atoms with van der Waals surface area (Å²) >= 11 is 3.40. The molecule has 0 aliphatic heterocycles. The monoisotopic (exact) mass is 405 g/mol. The number of halogens is 1. The molecule has 0 aliphatic carbocycles. The largest absolute Gasteiger partial charge is 0.490 e. The molecule has 0 spiro atoms. The Bertz CT molecular complexity index is 701. The first-order valence-corrected chi connectivity index (χ1v) is 9.26. The third kappa shape index (κ3) is 5.78. The zero-order valence-electron chi connectivity index (χ0n) is 14.8. The predicted octanol–water partition coefficient (Wildman–Crippen LogP) is 4.67. The summed E-state index contributed by atoms with van der Waals surface area (Å²) in [6, 6.07) is 13.4. The Morgan fingerprint density at radius 3 is 2.32 bits per heavy atom. The quantitative estimate of drug-likeness (QED) is 0.693. The molecule has 134 valence electrons. The number of carbonyl (C=O) groups is 1. The average Bonchev–Trinajstić information content (AvgIpc) is 2.59. The molecule has 0 aliphatic rings. The van der Waals surface area contributed by atoms with Crippen molar-refractivity contribution in [1.29, 1.82) is 0 Å². The van der Waals surface area contributed by atoms with Crippen molar-refractivity contribution in [1.82, 2.24) is 5.32 Å². The molecule has 0 fully saturated rings. The number of benzene rings is 2. The fourth-order valence-electron chi connectivity index (χ4n) is 2.50. The van der Waals surface area contributed by atoms with E-state index in [-0.39, 0.29) is 11.9 Å². The second kappa shape index (κ2) is 9.47. The molecular formula is C20H24BrNO3. The van der Waals surface area contributed by atoms with Crippen molar-refractivity contribution in [3.05, 3.63) is 58.1 Å². The Balaban J connectivity index is 2.03. The molecule has 1 amide bonds. The molecular weight excluding hydrogens is 382 g/mol. The summed E-state index contributed by atoms with van der Waals surface area (Å²) in [6.07, 6.45) is 0.354.